The van der Waals surface area contributed by atoms with Crippen molar-refractivity contribution in [2.75, 3.05) is 57.3 Å². The Morgan fingerprint density at radius 2 is 2.00 bits per heavy atom. The van der Waals surface area contributed by atoms with Crippen LogP contribution in [-0.4, -0.2) is 79.2 Å². The van der Waals surface area contributed by atoms with Gasteiger partial charge in [-0.3, -0.25) is 9.69 Å². The molecule has 0 bridgehead atoms. The molecule has 3 rings (SSSR count). The number of ether oxygens (including phenoxy) is 1. The number of rotatable bonds is 7. The van der Waals surface area contributed by atoms with Crippen LogP contribution >= 0.6 is 0 Å². The fourth-order valence-electron chi connectivity index (χ4n) is 4.14. The lowest BCUT2D eigenvalue weighted by atomic mass is 9.97. The zero-order valence-electron chi connectivity index (χ0n) is 16.8. The Kier molecular flexibility index (Phi) is 7.47. The zero-order valence-corrected chi connectivity index (χ0v) is 16.8. The van der Waals surface area contributed by atoms with Gasteiger partial charge in [-0.05, 0) is 51.3 Å². The molecule has 1 unspecified atom stereocenters. The fraction of sp³-hybridized carbons (Fsp3) is 0.714. The highest BCUT2D eigenvalue weighted by molar-refractivity contribution is 5.69. The molecule has 1 aromatic rings. The summed E-state index contributed by atoms with van der Waals surface area (Å²) in [6, 6.07) is 6.12. The van der Waals surface area contributed by atoms with Crippen LogP contribution in [0.3, 0.4) is 0 Å². The molecule has 0 radical (unpaired) electrons. The van der Waals surface area contributed by atoms with Crippen molar-refractivity contribution >= 4 is 11.8 Å². The van der Waals surface area contributed by atoms with Crippen molar-refractivity contribution in [3.05, 3.63) is 24.4 Å². The molecule has 0 saturated carbocycles. The number of likely N-dealkylation sites (tertiary alicyclic amines) is 1. The molecule has 0 aliphatic carbocycles. The molecule has 6 nitrogen and oxygen atoms in total. The summed E-state index contributed by atoms with van der Waals surface area (Å²) in [5.41, 5.74) is 0. The third kappa shape index (κ3) is 6.47. The van der Waals surface area contributed by atoms with Gasteiger partial charge in [0.15, 0.2) is 0 Å². The predicted octanol–water partition coefficient (Wildman–Crippen LogP) is 2.26. The molecule has 0 aromatic carbocycles. The number of piperidine rings is 1. The standard InChI is InChI=1S/C21H34N4O2/c1-18(2)27-21(26)8-11-23-10-5-6-19(16-23)17-24-12-14-25(15-13-24)20-7-3-4-9-22-20/h3-4,7,9,18-19H,5-6,8,10-17H2,1-2H3. The van der Waals surface area contributed by atoms with Gasteiger partial charge in [0.05, 0.1) is 12.5 Å². The van der Waals surface area contributed by atoms with E-state index in [2.05, 4.69) is 31.8 Å². The third-order valence-corrected chi connectivity index (χ3v) is 5.46. The van der Waals surface area contributed by atoms with Crippen molar-refractivity contribution < 1.29 is 9.53 Å². The highest BCUT2D eigenvalue weighted by atomic mass is 16.5. The van der Waals surface area contributed by atoms with Gasteiger partial charge in [0.25, 0.3) is 0 Å². The number of nitrogens with zero attached hydrogens (tertiary/aromatic N) is 4. The summed E-state index contributed by atoms with van der Waals surface area (Å²) in [7, 11) is 0. The topological polar surface area (TPSA) is 48.9 Å². The van der Waals surface area contributed by atoms with Crippen LogP contribution in [0, 0.1) is 5.92 Å². The first-order chi connectivity index (χ1) is 13.1. The molecule has 27 heavy (non-hydrogen) atoms. The normalized spacial score (nSPS) is 22.2. The van der Waals surface area contributed by atoms with Crippen LogP contribution in [0.4, 0.5) is 5.82 Å². The number of hydrogen-bond acceptors (Lipinski definition) is 6. The molecule has 2 aliphatic rings. The molecule has 1 atom stereocenters. The van der Waals surface area contributed by atoms with Crippen molar-refractivity contribution in [2.45, 2.75) is 39.2 Å². The van der Waals surface area contributed by atoms with Crippen LogP contribution < -0.4 is 4.90 Å². The van der Waals surface area contributed by atoms with Gasteiger partial charge >= 0.3 is 5.97 Å². The minimum absolute atomic E-state index is 0.0173. The molecule has 1 aromatic heterocycles. The Morgan fingerprint density at radius 1 is 1.19 bits per heavy atom. The summed E-state index contributed by atoms with van der Waals surface area (Å²) in [5.74, 6) is 1.73. The molecule has 6 heteroatoms. The number of esters is 1. The van der Waals surface area contributed by atoms with Crippen molar-refractivity contribution in [3.8, 4) is 0 Å². The van der Waals surface area contributed by atoms with Crippen molar-refractivity contribution in [2.24, 2.45) is 5.92 Å². The lowest BCUT2D eigenvalue weighted by molar-refractivity contribution is -0.147. The number of piperazine rings is 1. The summed E-state index contributed by atoms with van der Waals surface area (Å²) in [4.78, 5) is 23.7. The first-order valence-electron chi connectivity index (χ1n) is 10.4. The molecule has 0 spiro atoms. The molecular formula is C21H34N4O2. The van der Waals surface area contributed by atoms with Gasteiger partial charge in [-0.1, -0.05) is 6.07 Å². The third-order valence-electron chi connectivity index (χ3n) is 5.46. The molecule has 0 amide bonds. The molecule has 2 fully saturated rings. The molecule has 150 valence electrons. The van der Waals surface area contributed by atoms with E-state index in [1.54, 1.807) is 0 Å². The van der Waals surface area contributed by atoms with Crippen LogP contribution in [0.2, 0.25) is 0 Å². The number of anilines is 1. The fourth-order valence-corrected chi connectivity index (χ4v) is 4.14. The van der Waals surface area contributed by atoms with Gasteiger partial charge in [0, 0.05) is 52.0 Å². The van der Waals surface area contributed by atoms with E-state index in [4.69, 9.17) is 4.74 Å². The smallest absolute Gasteiger partial charge is 0.307 e. The summed E-state index contributed by atoms with van der Waals surface area (Å²) in [6.07, 6.45) is 4.89. The maximum absolute atomic E-state index is 11.8. The quantitative estimate of drug-likeness (QED) is 0.683. The zero-order chi connectivity index (χ0) is 19.1. The number of pyridine rings is 1. The average molecular weight is 375 g/mol. The van der Waals surface area contributed by atoms with Crippen molar-refractivity contribution in [3.63, 3.8) is 0 Å². The highest BCUT2D eigenvalue weighted by Gasteiger charge is 2.25. The van der Waals surface area contributed by atoms with E-state index in [9.17, 15) is 4.79 Å². The minimum atomic E-state index is -0.0715. The van der Waals surface area contributed by atoms with Gasteiger partial charge in [-0.2, -0.15) is 0 Å². The average Bonchev–Trinajstić information content (AvgIpc) is 2.67. The molecular weight excluding hydrogens is 340 g/mol. The lowest BCUT2D eigenvalue weighted by Gasteiger charge is -2.39. The van der Waals surface area contributed by atoms with Crippen LogP contribution in [0.5, 0.6) is 0 Å². The van der Waals surface area contributed by atoms with E-state index in [0.717, 1.165) is 51.6 Å². The highest BCUT2D eigenvalue weighted by Crippen LogP contribution is 2.20. The van der Waals surface area contributed by atoms with Gasteiger partial charge in [-0.25, -0.2) is 4.98 Å². The largest absolute Gasteiger partial charge is 0.463 e. The SMILES string of the molecule is CC(C)OC(=O)CCN1CCCC(CN2CCN(c3ccccn3)CC2)C1. The number of hydrogen-bond donors (Lipinski definition) is 0. The van der Waals surface area contributed by atoms with Gasteiger partial charge in [-0.15, -0.1) is 0 Å². The van der Waals surface area contributed by atoms with Gasteiger partial charge in [0.1, 0.15) is 5.82 Å². The Morgan fingerprint density at radius 3 is 2.70 bits per heavy atom. The van der Waals surface area contributed by atoms with E-state index in [0.29, 0.717) is 12.3 Å². The van der Waals surface area contributed by atoms with Crippen LogP contribution in [-0.2, 0) is 9.53 Å². The Bertz CT molecular complexity index is 573. The summed E-state index contributed by atoms with van der Waals surface area (Å²) in [5, 5.41) is 0. The Hall–Kier alpha value is -1.66. The van der Waals surface area contributed by atoms with E-state index < -0.39 is 0 Å². The number of carbonyl (C=O) groups excluding carboxylic acids is 1. The Balaban J connectivity index is 1.38. The van der Waals surface area contributed by atoms with Crippen LogP contribution in [0.15, 0.2) is 24.4 Å². The van der Waals surface area contributed by atoms with Gasteiger partial charge < -0.3 is 14.5 Å². The second-order valence-corrected chi connectivity index (χ2v) is 8.07. The lowest BCUT2D eigenvalue weighted by Crippen LogP contribution is -2.50. The minimum Gasteiger partial charge on any atom is -0.463 e. The van der Waals surface area contributed by atoms with Crippen LogP contribution in [0.25, 0.3) is 0 Å². The molecule has 0 N–H and O–H groups in total. The maximum atomic E-state index is 11.8. The summed E-state index contributed by atoms with van der Waals surface area (Å²) < 4.78 is 5.25. The Labute approximate surface area is 163 Å². The maximum Gasteiger partial charge on any atom is 0.307 e. The number of carbonyl (C=O) groups is 1. The second kappa shape index (κ2) is 10.0. The van der Waals surface area contributed by atoms with Gasteiger partial charge in [0.2, 0.25) is 0 Å². The first-order valence-corrected chi connectivity index (χ1v) is 10.4. The van der Waals surface area contributed by atoms with Crippen LogP contribution in [0.1, 0.15) is 33.1 Å². The summed E-state index contributed by atoms with van der Waals surface area (Å²) in [6.45, 7) is 12.3. The van der Waals surface area contributed by atoms with E-state index in [-0.39, 0.29) is 12.1 Å². The number of aromatic nitrogens is 1. The van der Waals surface area contributed by atoms with E-state index in [1.807, 2.05) is 26.1 Å². The first kappa shape index (κ1) is 20.1. The molecule has 2 saturated heterocycles. The van der Waals surface area contributed by atoms with E-state index >= 15 is 0 Å². The molecule has 2 aliphatic heterocycles. The predicted molar refractivity (Wildman–Crippen MR) is 108 cm³/mol. The second-order valence-electron chi connectivity index (χ2n) is 8.07. The molecule has 3 heterocycles. The monoisotopic (exact) mass is 374 g/mol. The van der Waals surface area contributed by atoms with Crippen molar-refractivity contribution in [1.29, 1.82) is 0 Å². The van der Waals surface area contributed by atoms with Crippen molar-refractivity contribution in [1.82, 2.24) is 14.8 Å². The van der Waals surface area contributed by atoms with E-state index in [1.165, 1.54) is 19.4 Å². The summed E-state index contributed by atoms with van der Waals surface area (Å²) >= 11 is 0.